The molecule has 0 saturated carbocycles. The third-order valence-corrected chi connectivity index (χ3v) is 2.55. The molecule has 0 unspecified atom stereocenters. The second-order valence-electron chi connectivity index (χ2n) is 4.03. The van der Waals surface area contributed by atoms with E-state index in [0.717, 1.165) is 11.4 Å². The normalized spacial score (nSPS) is 10.4. The summed E-state index contributed by atoms with van der Waals surface area (Å²) in [6.45, 7) is 5.68. The Labute approximate surface area is 104 Å². The van der Waals surface area contributed by atoms with Gasteiger partial charge >= 0.3 is 0 Å². The smallest absolute Gasteiger partial charge is 0.257 e. The van der Waals surface area contributed by atoms with Crippen molar-refractivity contribution >= 4 is 5.91 Å². The summed E-state index contributed by atoms with van der Waals surface area (Å²) < 4.78 is 4.95. The van der Waals surface area contributed by atoms with Gasteiger partial charge in [-0.3, -0.25) is 4.79 Å². The van der Waals surface area contributed by atoms with Crippen LogP contribution in [-0.2, 0) is 6.54 Å². The molecule has 0 saturated heterocycles. The molecule has 2 aromatic heterocycles. The van der Waals surface area contributed by atoms with Gasteiger partial charge in [-0.25, -0.2) is 9.97 Å². The van der Waals surface area contributed by atoms with Crippen molar-refractivity contribution in [3.63, 3.8) is 0 Å². The fourth-order valence-electron chi connectivity index (χ4n) is 1.67. The van der Waals surface area contributed by atoms with E-state index >= 15 is 0 Å². The van der Waals surface area contributed by atoms with Gasteiger partial charge in [-0.05, 0) is 26.8 Å². The van der Waals surface area contributed by atoms with Crippen LogP contribution in [0.25, 0.3) is 0 Å². The molecular weight excluding hydrogens is 232 g/mol. The van der Waals surface area contributed by atoms with Gasteiger partial charge in [-0.1, -0.05) is 5.16 Å². The predicted molar refractivity (Wildman–Crippen MR) is 63.9 cm³/mol. The molecule has 2 rings (SSSR count). The lowest BCUT2D eigenvalue weighted by molar-refractivity contribution is 0.0948. The lowest BCUT2D eigenvalue weighted by atomic mass is 10.2. The van der Waals surface area contributed by atoms with Crippen molar-refractivity contribution in [2.24, 2.45) is 0 Å². The van der Waals surface area contributed by atoms with Crippen LogP contribution in [0.2, 0.25) is 0 Å². The zero-order valence-electron chi connectivity index (χ0n) is 10.5. The van der Waals surface area contributed by atoms with Crippen LogP contribution in [0.1, 0.15) is 33.2 Å². The van der Waals surface area contributed by atoms with Gasteiger partial charge in [-0.15, -0.1) is 0 Å². The minimum atomic E-state index is -0.206. The number of carbonyl (C=O) groups is 1. The molecule has 6 nitrogen and oxygen atoms in total. The molecule has 0 fully saturated rings. The molecule has 2 heterocycles. The summed E-state index contributed by atoms with van der Waals surface area (Å²) in [7, 11) is 0. The van der Waals surface area contributed by atoms with Crippen LogP contribution in [0.15, 0.2) is 16.9 Å². The molecule has 0 bridgehead atoms. The standard InChI is InChI=1S/C12H14N4O2/c1-7-4-10(15-6-14-7)5-13-12(17)11-8(2)16-18-9(11)3/h4,6H,5H2,1-3H3,(H,13,17). The predicted octanol–water partition coefficient (Wildman–Crippen LogP) is 1.32. The van der Waals surface area contributed by atoms with Crippen molar-refractivity contribution in [3.05, 3.63) is 40.8 Å². The average molecular weight is 246 g/mol. The first-order valence-electron chi connectivity index (χ1n) is 5.56. The van der Waals surface area contributed by atoms with E-state index < -0.39 is 0 Å². The molecule has 2 aromatic rings. The molecular formula is C12H14N4O2. The number of hydrogen-bond donors (Lipinski definition) is 1. The summed E-state index contributed by atoms with van der Waals surface area (Å²) in [5.41, 5.74) is 2.71. The minimum absolute atomic E-state index is 0.206. The molecule has 18 heavy (non-hydrogen) atoms. The number of nitrogens with one attached hydrogen (secondary N) is 1. The number of hydrogen-bond acceptors (Lipinski definition) is 5. The Morgan fingerprint density at radius 3 is 2.72 bits per heavy atom. The van der Waals surface area contributed by atoms with Crippen molar-refractivity contribution in [3.8, 4) is 0 Å². The van der Waals surface area contributed by atoms with Gasteiger partial charge in [0.25, 0.3) is 5.91 Å². The van der Waals surface area contributed by atoms with Gasteiger partial charge < -0.3 is 9.84 Å². The van der Waals surface area contributed by atoms with E-state index in [2.05, 4.69) is 20.4 Å². The zero-order valence-corrected chi connectivity index (χ0v) is 10.5. The Hall–Kier alpha value is -2.24. The van der Waals surface area contributed by atoms with Crippen LogP contribution < -0.4 is 5.32 Å². The number of carbonyl (C=O) groups excluding carboxylic acids is 1. The first-order chi connectivity index (χ1) is 8.58. The SMILES string of the molecule is Cc1cc(CNC(=O)c2c(C)noc2C)ncn1. The zero-order chi connectivity index (χ0) is 13.1. The highest BCUT2D eigenvalue weighted by Crippen LogP contribution is 2.11. The third kappa shape index (κ3) is 2.53. The molecule has 0 aromatic carbocycles. The minimum Gasteiger partial charge on any atom is -0.361 e. The van der Waals surface area contributed by atoms with E-state index in [1.54, 1.807) is 13.8 Å². The first-order valence-corrected chi connectivity index (χ1v) is 5.56. The van der Waals surface area contributed by atoms with E-state index in [0.29, 0.717) is 23.6 Å². The lowest BCUT2D eigenvalue weighted by Gasteiger charge is -2.04. The molecule has 0 spiro atoms. The lowest BCUT2D eigenvalue weighted by Crippen LogP contribution is -2.24. The first kappa shape index (κ1) is 12.2. The fraction of sp³-hybridized carbons (Fsp3) is 0.333. The van der Waals surface area contributed by atoms with E-state index in [1.807, 2.05) is 13.0 Å². The van der Waals surface area contributed by atoms with Gasteiger partial charge in [0.15, 0.2) is 0 Å². The highest BCUT2D eigenvalue weighted by Gasteiger charge is 2.16. The highest BCUT2D eigenvalue weighted by molar-refractivity contribution is 5.95. The molecule has 1 amide bonds. The van der Waals surface area contributed by atoms with E-state index in [4.69, 9.17) is 4.52 Å². The van der Waals surface area contributed by atoms with Crippen molar-refractivity contribution in [1.29, 1.82) is 0 Å². The van der Waals surface area contributed by atoms with E-state index in [1.165, 1.54) is 6.33 Å². The maximum absolute atomic E-state index is 12.0. The summed E-state index contributed by atoms with van der Waals surface area (Å²) in [5.74, 6) is 0.311. The summed E-state index contributed by atoms with van der Waals surface area (Å²) in [4.78, 5) is 20.0. The Morgan fingerprint density at radius 2 is 2.11 bits per heavy atom. The Bertz CT molecular complexity index is 558. The quantitative estimate of drug-likeness (QED) is 0.883. The molecule has 6 heteroatoms. The van der Waals surface area contributed by atoms with Crippen LogP contribution in [0.5, 0.6) is 0 Å². The summed E-state index contributed by atoms with van der Waals surface area (Å²) in [6.07, 6.45) is 1.48. The Kier molecular flexibility index (Phi) is 3.36. The van der Waals surface area contributed by atoms with Crippen LogP contribution in [0.3, 0.4) is 0 Å². The van der Waals surface area contributed by atoms with Crippen molar-refractivity contribution in [2.75, 3.05) is 0 Å². The van der Waals surface area contributed by atoms with Gasteiger partial charge in [0.05, 0.1) is 17.9 Å². The molecule has 0 aliphatic heterocycles. The second kappa shape index (κ2) is 4.95. The van der Waals surface area contributed by atoms with Crippen molar-refractivity contribution in [1.82, 2.24) is 20.4 Å². The van der Waals surface area contributed by atoms with Gasteiger partial charge in [0, 0.05) is 5.69 Å². The maximum Gasteiger partial charge on any atom is 0.257 e. The Morgan fingerprint density at radius 1 is 1.33 bits per heavy atom. The topological polar surface area (TPSA) is 80.9 Å². The van der Waals surface area contributed by atoms with Gasteiger partial charge in [0.1, 0.15) is 17.7 Å². The third-order valence-electron chi connectivity index (χ3n) is 2.55. The van der Waals surface area contributed by atoms with E-state index in [-0.39, 0.29) is 5.91 Å². The number of rotatable bonds is 3. The molecule has 0 aliphatic rings. The summed E-state index contributed by atoms with van der Waals surface area (Å²) in [6, 6.07) is 1.83. The molecule has 94 valence electrons. The average Bonchev–Trinajstić information content (AvgIpc) is 2.66. The van der Waals surface area contributed by atoms with Crippen LogP contribution in [0.4, 0.5) is 0 Å². The molecule has 0 aliphatic carbocycles. The molecule has 1 N–H and O–H groups in total. The monoisotopic (exact) mass is 246 g/mol. The van der Waals surface area contributed by atoms with Crippen LogP contribution >= 0.6 is 0 Å². The number of aromatic nitrogens is 3. The maximum atomic E-state index is 12.0. The van der Waals surface area contributed by atoms with Crippen molar-refractivity contribution < 1.29 is 9.32 Å². The van der Waals surface area contributed by atoms with Gasteiger partial charge in [-0.2, -0.15) is 0 Å². The Balaban J connectivity index is 2.05. The summed E-state index contributed by atoms with van der Waals surface area (Å²) in [5, 5.41) is 6.53. The highest BCUT2D eigenvalue weighted by atomic mass is 16.5. The number of aryl methyl sites for hydroxylation is 3. The van der Waals surface area contributed by atoms with Gasteiger partial charge in [0.2, 0.25) is 0 Å². The van der Waals surface area contributed by atoms with Crippen molar-refractivity contribution in [2.45, 2.75) is 27.3 Å². The summed E-state index contributed by atoms with van der Waals surface area (Å²) >= 11 is 0. The molecule has 0 atom stereocenters. The largest absolute Gasteiger partial charge is 0.361 e. The number of amides is 1. The van der Waals surface area contributed by atoms with E-state index in [9.17, 15) is 4.79 Å². The fourth-order valence-corrected chi connectivity index (χ4v) is 1.67. The number of nitrogens with zero attached hydrogens (tertiary/aromatic N) is 3. The van der Waals surface area contributed by atoms with Crippen LogP contribution in [-0.4, -0.2) is 21.0 Å². The van der Waals surface area contributed by atoms with Crippen LogP contribution in [0, 0.1) is 20.8 Å². The second-order valence-corrected chi connectivity index (χ2v) is 4.03. The molecule has 0 radical (unpaired) electrons.